The first kappa shape index (κ1) is 19.9. The molecule has 0 aliphatic heterocycles. The zero-order chi connectivity index (χ0) is 20.1. The quantitative estimate of drug-likeness (QED) is 0.549. The monoisotopic (exact) mass is 397 g/mol. The summed E-state index contributed by atoms with van der Waals surface area (Å²) in [4.78, 5) is 24.5. The summed E-state index contributed by atoms with van der Waals surface area (Å²) < 4.78 is 12.2. The van der Waals surface area contributed by atoms with E-state index >= 15 is 0 Å². The minimum absolute atomic E-state index is 0.152. The highest BCUT2D eigenvalue weighted by atomic mass is 32.1. The average molecular weight is 397 g/mol. The Labute approximate surface area is 168 Å². The number of fused-ring (bicyclic) bond motifs is 1. The van der Waals surface area contributed by atoms with E-state index in [1.54, 1.807) is 13.8 Å². The molecule has 28 heavy (non-hydrogen) atoms. The second kappa shape index (κ2) is 8.89. The average Bonchev–Trinajstić information content (AvgIpc) is 3.06. The number of thiophene rings is 1. The lowest BCUT2D eigenvalue weighted by atomic mass is 10.1. The normalized spacial score (nSPS) is 10.7. The first-order chi connectivity index (χ1) is 13.5. The molecule has 0 aliphatic carbocycles. The second-order valence-corrected chi connectivity index (χ2v) is 7.31. The van der Waals surface area contributed by atoms with Crippen LogP contribution in [0.3, 0.4) is 0 Å². The summed E-state index contributed by atoms with van der Waals surface area (Å²) in [5, 5.41) is 4.05. The van der Waals surface area contributed by atoms with Gasteiger partial charge >= 0.3 is 5.97 Å². The predicted molar refractivity (Wildman–Crippen MR) is 112 cm³/mol. The highest BCUT2D eigenvalue weighted by Gasteiger charge is 2.24. The van der Waals surface area contributed by atoms with Crippen molar-refractivity contribution in [3.8, 4) is 5.75 Å². The highest BCUT2D eigenvalue weighted by molar-refractivity contribution is 7.24. The van der Waals surface area contributed by atoms with E-state index in [4.69, 9.17) is 9.47 Å². The molecule has 0 saturated heterocycles. The van der Waals surface area contributed by atoms with E-state index in [0.717, 1.165) is 21.2 Å². The summed E-state index contributed by atoms with van der Waals surface area (Å²) in [6.45, 7) is 6.18. The minimum Gasteiger partial charge on any atom is -0.487 e. The standard InChI is InChI=1S/C22H23NO4S/c1-4-17(24)23-21-18(22(25)26-5-2)16-12-11-14(3)19(20(16)28-21)27-13-15-9-7-6-8-10-15/h6-12H,4-5,13H2,1-3H3,(H,23,24). The van der Waals surface area contributed by atoms with Crippen molar-refractivity contribution in [1.82, 2.24) is 0 Å². The summed E-state index contributed by atoms with van der Waals surface area (Å²) in [6, 6.07) is 13.7. The Morgan fingerprint density at radius 3 is 2.50 bits per heavy atom. The molecule has 0 saturated carbocycles. The Morgan fingerprint density at radius 2 is 1.82 bits per heavy atom. The Hall–Kier alpha value is -2.86. The van der Waals surface area contributed by atoms with Gasteiger partial charge in [0.1, 0.15) is 22.9 Å². The van der Waals surface area contributed by atoms with Crippen molar-refractivity contribution >= 4 is 38.3 Å². The van der Waals surface area contributed by atoms with Crippen LogP contribution in [0, 0.1) is 6.92 Å². The zero-order valence-corrected chi connectivity index (χ0v) is 17.0. The Kier molecular flexibility index (Phi) is 6.31. The number of benzene rings is 2. The maximum atomic E-state index is 12.6. The summed E-state index contributed by atoms with van der Waals surface area (Å²) in [5.41, 5.74) is 2.40. The predicted octanol–water partition coefficient (Wildman–Crippen LogP) is 5.31. The van der Waals surface area contributed by atoms with Crippen molar-refractivity contribution in [2.45, 2.75) is 33.8 Å². The molecule has 1 N–H and O–H groups in total. The number of amides is 1. The summed E-state index contributed by atoms with van der Waals surface area (Å²) in [6.07, 6.45) is 0.326. The van der Waals surface area contributed by atoms with Gasteiger partial charge in [-0.2, -0.15) is 0 Å². The molecule has 2 aromatic carbocycles. The molecule has 0 bridgehead atoms. The van der Waals surface area contributed by atoms with Gasteiger partial charge in [0.15, 0.2) is 0 Å². The van der Waals surface area contributed by atoms with Crippen LogP contribution in [0.1, 0.15) is 41.8 Å². The number of esters is 1. The number of anilines is 1. The third-order valence-electron chi connectivity index (χ3n) is 4.29. The van der Waals surface area contributed by atoms with Gasteiger partial charge in [-0.1, -0.05) is 49.4 Å². The van der Waals surface area contributed by atoms with Gasteiger partial charge in [0, 0.05) is 11.8 Å². The molecule has 3 rings (SSSR count). The molecular formula is C22H23NO4S. The molecule has 146 valence electrons. The molecule has 0 fully saturated rings. The molecule has 0 spiro atoms. The summed E-state index contributed by atoms with van der Waals surface area (Å²) >= 11 is 1.34. The van der Waals surface area contributed by atoms with Crippen molar-refractivity contribution in [2.75, 3.05) is 11.9 Å². The molecular weight excluding hydrogens is 374 g/mol. The number of aryl methyl sites for hydroxylation is 1. The van der Waals surface area contributed by atoms with Crippen LogP contribution in [0.25, 0.3) is 10.1 Å². The van der Waals surface area contributed by atoms with Crippen molar-refractivity contribution in [1.29, 1.82) is 0 Å². The molecule has 1 aromatic heterocycles. The fourth-order valence-corrected chi connectivity index (χ4v) is 4.11. The molecule has 0 radical (unpaired) electrons. The highest BCUT2D eigenvalue weighted by Crippen LogP contribution is 2.43. The molecule has 0 atom stereocenters. The molecule has 6 heteroatoms. The first-order valence-corrected chi connectivity index (χ1v) is 10.1. The van der Waals surface area contributed by atoms with E-state index in [0.29, 0.717) is 29.3 Å². The lowest BCUT2D eigenvalue weighted by Gasteiger charge is -2.10. The van der Waals surface area contributed by atoms with Gasteiger partial charge in [0.2, 0.25) is 5.91 Å². The van der Waals surface area contributed by atoms with Crippen LogP contribution in [0.4, 0.5) is 5.00 Å². The van der Waals surface area contributed by atoms with Gasteiger partial charge in [-0.05, 0) is 25.0 Å². The van der Waals surface area contributed by atoms with E-state index in [-0.39, 0.29) is 12.5 Å². The van der Waals surface area contributed by atoms with Crippen LogP contribution in [-0.4, -0.2) is 18.5 Å². The van der Waals surface area contributed by atoms with Crippen molar-refractivity contribution in [3.63, 3.8) is 0 Å². The van der Waals surface area contributed by atoms with E-state index in [1.807, 2.05) is 49.4 Å². The van der Waals surface area contributed by atoms with Crippen LogP contribution in [-0.2, 0) is 16.1 Å². The maximum absolute atomic E-state index is 12.6. The third kappa shape index (κ3) is 4.17. The molecule has 3 aromatic rings. The largest absolute Gasteiger partial charge is 0.487 e. The SMILES string of the molecule is CCOC(=O)c1c(NC(=O)CC)sc2c(OCc3ccccc3)c(C)ccc12. The van der Waals surface area contributed by atoms with Crippen LogP contribution in [0.15, 0.2) is 42.5 Å². The third-order valence-corrected chi connectivity index (χ3v) is 5.41. The second-order valence-electron chi connectivity index (χ2n) is 6.29. The van der Waals surface area contributed by atoms with Gasteiger partial charge in [-0.25, -0.2) is 4.79 Å². The number of carbonyl (C=O) groups is 2. The Bertz CT molecular complexity index is 995. The maximum Gasteiger partial charge on any atom is 0.341 e. The van der Waals surface area contributed by atoms with Gasteiger partial charge < -0.3 is 14.8 Å². The van der Waals surface area contributed by atoms with Crippen LogP contribution < -0.4 is 10.1 Å². The molecule has 1 heterocycles. The number of nitrogens with one attached hydrogen (secondary N) is 1. The molecule has 5 nitrogen and oxygen atoms in total. The number of hydrogen-bond donors (Lipinski definition) is 1. The summed E-state index contributed by atoms with van der Waals surface area (Å²) in [7, 11) is 0. The number of ether oxygens (including phenoxy) is 2. The van der Waals surface area contributed by atoms with E-state index in [1.165, 1.54) is 11.3 Å². The van der Waals surface area contributed by atoms with Gasteiger partial charge in [0.05, 0.1) is 11.3 Å². The minimum atomic E-state index is -0.446. The number of hydrogen-bond acceptors (Lipinski definition) is 5. The van der Waals surface area contributed by atoms with Crippen LogP contribution in [0.2, 0.25) is 0 Å². The van der Waals surface area contributed by atoms with Crippen molar-refractivity contribution < 1.29 is 19.1 Å². The van der Waals surface area contributed by atoms with Crippen LogP contribution >= 0.6 is 11.3 Å². The Morgan fingerprint density at radius 1 is 1.07 bits per heavy atom. The number of carbonyl (C=O) groups excluding carboxylic acids is 2. The van der Waals surface area contributed by atoms with Crippen LogP contribution in [0.5, 0.6) is 5.75 Å². The molecule has 1 amide bonds. The molecule has 0 unspecified atom stereocenters. The van der Waals surface area contributed by atoms with Gasteiger partial charge in [-0.3, -0.25) is 4.79 Å². The Balaban J connectivity index is 2.06. The van der Waals surface area contributed by atoms with Gasteiger partial charge in [0.25, 0.3) is 0 Å². The van der Waals surface area contributed by atoms with E-state index in [2.05, 4.69) is 5.32 Å². The smallest absolute Gasteiger partial charge is 0.341 e. The van der Waals surface area contributed by atoms with E-state index in [9.17, 15) is 9.59 Å². The van der Waals surface area contributed by atoms with Crippen molar-refractivity contribution in [2.24, 2.45) is 0 Å². The zero-order valence-electron chi connectivity index (χ0n) is 16.2. The summed E-state index contributed by atoms with van der Waals surface area (Å²) in [5.74, 6) is 0.118. The first-order valence-electron chi connectivity index (χ1n) is 9.24. The topological polar surface area (TPSA) is 64.6 Å². The van der Waals surface area contributed by atoms with E-state index < -0.39 is 5.97 Å². The lowest BCUT2D eigenvalue weighted by molar-refractivity contribution is -0.115. The fraction of sp³-hybridized carbons (Fsp3) is 0.273. The van der Waals surface area contributed by atoms with Crippen molar-refractivity contribution in [3.05, 3.63) is 59.2 Å². The molecule has 0 aliphatic rings. The lowest BCUT2D eigenvalue weighted by Crippen LogP contribution is -2.12. The number of rotatable bonds is 7. The van der Waals surface area contributed by atoms with Gasteiger partial charge in [-0.15, -0.1) is 11.3 Å². The fourth-order valence-electron chi connectivity index (χ4n) is 2.85.